The maximum atomic E-state index is 12.9. The van der Waals surface area contributed by atoms with Crippen LogP contribution in [-0.4, -0.2) is 39.3 Å². The zero-order chi connectivity index (χ0) is 19.3. The molecule has 0 aliphatic rings. The van der Waals surface area contributed by atoms with Gasteiger partial charge in [0.15, 0.2) is 5.96 Å². The number of guanidine groups is 1. The molecule has 3 N–H and O–H groups in total. The number of methoxy groups -OCH3 is 1. The average Bonchev–Trinajstić information content (AvgIpc) is 2.69. The highest BCUT2D eigenvalue weighted by molar-refractivity contribution is 5.79. The van der Waals surface area contributed by atoms with Crippen molar-refractivity contribution in [1.29, 1.82) is 0 Å². The summed E-state index contributed by atoms with van der Waals surface area (Å²) in [6.07, 6.45) is 0.812. The van der Waals surface area contributed by atoms with Crippen LogP contribution >= 0.6 is 0 Å². The molecule has 0 heterocycles. The van der Waals surface area contributed by atoms with Crippen LogP contribution in [0.25, 0.3) is 0 Å². The van der Waals surface area contributed by atoms with Crippen LogP contribution in [0.2, 0.25) is 0 Å². The lowest BCUT2D eigenvalue weighted by Crippen LogP contribution is -2.38. The molecule has 0 aliphatic carbocycles. The molecule has 0 amide bonds. The zero-order valence-electron chi connectivity index (χ0n) is 16.1. The number of aliphatic imine (C=N–C) groups is 1. The third-order valence-electron chi connectivity index (χ3n) is 3.97. The van der Waals surface area contributed by atoms with Gasteiger partial charge >= 0.3 is 0 Å². The van der Waals surface area contributed by atoms with Crippen molar-refractivity contribution in [1.82, 2.24) is 10.6 Å². The van der Waals surface area contributed by atoms with Gasteiger partial charge in [-0.2, -0.15) is 0 Å². The average molecular weight is 372 g/mol. The van der Waals surface area contributed by atoms with E-state index in [0.29, 0.717) is 13.2 Å². The number of halogens is 1. The van der Waals surface area contributed by atoms with E-state index in [1.165, 1.54) is 12.1 Å². The maximum absolute atomic E-state index is 12.9. The van der Waals surface area contributed by atoms with E-state index in [2.05, 4.69) is 45.2 Å². The largest absolute Gasteiger partial charge is 0.383 e. The van der Waals surface area contributed by atoms with Crippen molar-refractivity contribution < 1.29 is 9.13 Å². The van der Waals surface area contributed by atoms with Gasteiger partial charge in [-0.25, -0.2) is 9.38 Å². The highest BCUT2D eigenvalue weighted by Gasteiger charge is 2.00. The standard InChI is InChI=1S/C21H29FN4O/c1-3-23-21(25-13-12-17-4-8-19(22)9-5-17)26-16-18-6-10-20(11-7-18)24-14-15-27-2/h4-11,24H,3,12-16H2,1-2H3,(H2,23,25,26). The normalized spacial score (nSPS) is 11.3. The molecule has 0 bridgehead atoms. The molecule has 6 heteroatoms. The second-order valence-electron chi connectivity index (χ2n) is 6.11. The van der Waals surface area contributed by atoms with Crippen LogP contribution in [0.4, 0.5) is 10.1 Å². The van der Waals surface area contributed by atoms with Gasteiger partial charge in [0.2, 0.25) is 0 Å². The minimum atomic E-state index is -0.207. The summed E-state index contributed by atoms with van der Waals surface area (Å²) in [4.78, 5) is 4.63. The van der Waals surface area contributed by atoms with E-state index in [1.807, 2.05) is 19.1 Å². The first-order valence-electron chi connectivity index (χ1n) is 9.29. The van der Waals surface area contributed by atoms with Crippen molar-refractivity contribution in [2.75, 3.05) is 38.7 Å². The molecule has 2 aromatic carbocycles. The highest BCUT2D eigenvalue weighted by Crippen LogP contribution is 2.10. The molecule has 2 aromatic rings. The number of anilines is 1. The van der Waals surface area contributed by atoms with Crippen molar-refractivity contribution in [2.24, 2.45) is 4.99 Å². The Kier molecular flexibility index (Phi) is 9.13. The van der Waals surface area contributed by atoms with Gasteiger partial charge in [-0.1, -0.05) is 24.3 Å². The Morgan fingerprint density at radius 1 is 0.963 bits per heavy atom. The Balaban J connectivity index is 1.82. The highest BCUT2D eigenvalue weighted by atomic mass is 19.1. The Bertz CT molecular complexity index is 686. The van der Waals surface area contributed by atoms with E-state index in [0.717, 1.165) is 48.8 Å². The summed E-state index contributed by atoms with van der Waals surface area (Å²) < 4.78 is 18.0. The molecular weight excluding hydrogens is 343 g/mol. The summed E-state index contributed by atoms with van der Waals surface area (Å²) in [7, 11) is 1.69. The van der Waals surface area contributed by atoms with Gasteiger partial charge in [-0.3, -0.25) is 0 Å². The fraction of sp³-hybridized carbons (Fsp3) is 0.381. The summed E-state index contributed by atoms with van der Waals surface area (Å²) >= 11 is 0. The van der Waals surface area contributed by atoms with Gasteiger partial charge < -0.3 is 20.7 Å². The van der Waals surface area contributed by atoms with Crippen LogP contribution in [0.1, 0.15) is 18.1 Å². The van der Waals surface area contributed by atoms with E-state index in [1.54, 1.807) is 7.11 Å². The lowest BCUT2D eigenvalue weighted by atomic mass is 10.1. The van der Waals surface area contributed by atoms with Crippen LogP contribution in [0.5, 0.6) is 0 Å². The number of ether oxygens (including phenoxy) is 1. The summed E-state index contributed by atoms with van der Waals surface area (Å²) in [5.74, 6) is 0.573. The van der Waals surface area contributed by atoms with Gasteiger partial charge in [-0.05, 0) is 48.7 Å². The summed E-state index contributed by atoms with van der Waals surface area (Å²) in [6.45, 7) is 5.64. The molecular formula is C21H29FN4O. The molecule has 0 fully saturated rings. The van der Waals surface area contributed by atoms with Gasteiger partial charge in [0.1, 0.15) is 5.82 Å². The predicted molar refractivity (Wildman–Crippen MR) is 110 cm³/mol. The first-order chi connectivity index (χ1) is 13.2. The second-order valence-corrected chi connectivity index (χ2v) is 6.11. The third-order valence-corrected chi connectivity index (χ3v) is 3.97. The minimum Gasteiger partial charge on any atom is -0.383 e. The molecule has 146 valence electrons. The molecule has 0 aliphatic heterocycles. The molecule has 0 radical (unpaired) electrons. The van der Waals surface area contributed by atoms with Crippen LogP contribution in [-0.2, 0) is 17.7 Å². The molecule has 2 rings (SSSR count). The quantitative estimate of drug-likeness (QED) is 0.341. The van der Waals surface area contributed by atoms with Gasteiger partial charge in [0, 0.05) is 32.4 Å². The number of nitrogens with one attached hydrogen (secondary N) is 3. The van der Waals surface area contributed by atoms with Crippen LogP contribution in [0, 0.1) is 5.82 Å². The third kappa shape index (κ3) is 8.09. The predicted octanol–water partition coefficient (Wildman–Crippen LogP) is 3.18. The number of benzene rings is 2. The van der Waals surface area contributed by atoms with E-state index in [9.17, 15) is 4.39 Å². The molecule has 0 spiro atoms. The molecule has 0 saturated heterocycles. The van der Waals surface area contributed by atoms with Crippen molar-refractivity contribution >= 4 is 11.6 Å². The van der Waals surface area contributed by atoms with Crippen molar-refractivity contribution in [3.8, 4) is 0 Å². The maximum Gasteiger partial charge on any atom is 0.191 e. The molecule has 27 heavy (non-hydrogen) atoms. The van der Waals surface area contributed by atoms with Crippen molar-refractivity contribution in [3.05, 3.63) is 65.5 Å². The monoisotopic (exact) mass is 372 g/mol. The fourth-order valence-electron chi connectivity index (χ4n) is 2.51. The Hall–Kier alpha value is -2.60. The van der Waals surface area contributed by atoms with Gasteiger partial charge in [-0.15, -0.1) is 0 Å². The van der Waals surface area contributed by atoms with E-state index >= 15 is 0 Å². The molecule has 0 saturated carbocycles. The van der Waals surface area contributed by atoms with Crippen LogP contribution in [0.15, 0.2) is 53.5 Å². The number of hydrogen-bond donors (Lipinski definition) is 3. The zero-order valence-corrected chi connectivity index (χ0v) is 16.1. The van der Waals surface area contributed by atoms with Crippen molar-refractivity contribution in [3.63, 3.8) is 0 Å². The second kappa shape index (κ2) is 11.9. The lowest BCUT2D eigenvalue weighted by Gasteiger charge is -2.11. The fourth-order valence-corrected chi connectivity index (χ4v) is 2.51. The Morgan fingerprint density at radius 3 is 2.33 bits per heavy atom. The van der Waals surface area contributed by atoms with Crippen molar-refractivity contribution in [2.45, 2.75) is 19.9 Å². The molecule has 0 unspecified atom stereocenters. The van der Waals surface area contributed by atoms with Crippen LogP contribution in [0.3, 0.4) is 0 Å². The van der Waals surface area contributed by atoms with Crippen LogP contribution < -0.4 is 16.0 Å². The molecule has 0 atom stereocenters. The topological polar surface area (TPSA) is 57.7 Å². The summed E-state index contributed by atoms with van der Waals surface area (Å²) in [5, 5.41) is 9.86. The number of rotatable bonds is 10. The van der Waals surface area contributed by atoms with Gasteiger partial charge in [0.25, 0.3) is 0 Å². The first-order valence-corrected chi connectivity index (χ1v) is 9.29. The van der Waals surface area contributed by atoms with E-state index in [4.69, 9.17) is 4.74 Å². The smallest absolute Gasteiger partial charge is 0.191 e. The van der Waals surface area contributed by atoms with Gasteiger partial charge in [0.05, 0.1) is 13.2 Å². The Labute approximate surface area is 161 Å². The van der Waals surface area contributed by atoms with E-state index < -0.39 is 0 Å². The minimum absolute atomic E-state index is 0.207. The Morgan fingerprint density at radius 2 is 1.67 bits per heavy atom. The van der Waals surface area contributed by atoms with E-state index in [-0.39, 0.29) is 5.82 Å². The SMILES string of the molecule is CCNC(=NCc1ccc(NCCOC)cc1)NCCc1ccc(F)cc1. The molecule has 0 aromatic heterocycles. The summed E-state index contributed by atoms with van der Waals surface area (Å²) in [6, 6.07) is 14.8. The summed E-state index contributed by atoms with van der Waals surface area (Å²) in [5.41, 5.74) is 3.31. The number of hydrogen-bond acceptors (Lipinski definition) is 3. The molecule has 5 nitrogen and oxygen atoms in total. The number of nitrogens with zero attached hydrogens (tertiary/aromatic N) is 1. The lowest BCUT2D eigenvalue weighted by molar-refractivity contribution is 0.211. The first kappa shape index (κ1) is 20.7.